The van der Waals surface area contributed by atoms with E-state index in [0.29, 0.717) is 0 Å². The molecular weight excluding hydrogens is 245 g/mol. The molecule has 3 nitrogen and oxygen atoms in total. The lowest BCUT2D eigenvalue weighted by molar-refractivity contribution is 1.22. The van der Waals surface area contributed by atoms with E-state index in [-0.39, 0.29) is 24.8 Å². The molecule has 0 bridgehead atoms. The molecule has 0 N–H and O–H groups in total. The van der Waals surface area contributed by atoms with Gasteiger partial charge in [-0.05, 0) is 18.2 Å². The smallest absolute Gasteiger partial charge is 0.116 e. The van der Waals surface area contributed by atoms with Crippen molar-refractivity contribution in [2.24, 2.45) is 0 Å². The summed E-state index contributed by atoms with van der Waals surface area (Å²) in [6.07, 6.45) is 5.15. The number of hydrogen-bond donors (Lipinski definition) is 0. The first kappa shape index (κ1) is 12.6. The third-order valence-electron chi connectivity index (χ3n) is 2.23. The Labute approximate surface area is 105 Å². The second-order valence-electron chi connectivity index (χ2n) is 3.13. The fraction of sp³-hybridized carbons (Fsp3) is 0. The molecule has 1 aromatic carbocycles. The van der Waals surface area contributed by atoms with Crippen LogP contribution in [0.25, 0.3) is 21.8 Å². The van der Waals surface area contributed by atoms with Crippen LogP contribution in [0.2, 0.25) is 0 Å². The molecule has 0 unspecified atom stereocenters. The highest BCUT2D eigenvalue weighted by Gasteiger charge is 1.98. The van der Waals surface area contributed by atoms with E-state index in [2.05, 4.69) is 15.0 Å². The van der Waals surface area contributed by atoms with Crippen molar-refractivity contribution in [3.8, 4) is 0 Å². The van der Waals surface area contributed by atoms with Gasteiger partial charge in [0.05, 0.1) is 11.0 Å². The molecule has 0 saturated carbocycles. The lowest BCUT2D eigenvalue weighted by atomic mass is 10.1. The van der Waals surface area contributed by atoms with Crippen molar-refractivity contribution in [1.29, 1.82) is 0 Å². The summed E-state index contributed by atoms with van der Waals surface area (Å²) >= 11 is 0. The number of halogens is 2. The van der Waals surface area contributed by atoms with Gasteiger partial charge in [0.25, 0.3) is 0 Å². The van der Waals surface area contributed by atoms with Crippen LogP contribution in [0.5, 0.6) is 0 Å². The number of rotatable bonds is 0. The Hall–Kier alpha value is -1.45. The average Bonchev–Trinajstić information content (AvgIpc) is 2.26. The van der Waals surface area contributed by atoms with Gasteiger partial charge in [-0.2, -0.15) is 0 Å². The van der Waals surface area contributed by atoms with Gasteiger partial charge in [0.15, 0.2) is 0 Å². The van der Waals surface area contributed by atoms with Crippen molar-refractivity contribution in [2.45, 2.75) is 0 Å². The molecule has 0 fully saturated rings. The second-order valence-corrected chi connectivity index (χ2v) is 3.13. The maximum atomic E-state index is 4.28. The highest BCUT2D eigenvalue weighted by Crippen LogP contribution is 2.18. The molecule has 0 saturated heterocycles. The van der Waals surface area contributed by atoms with Gasteiger partial charge in [0.1, 0.15) is 6.33 Å². The van der Waals surface area contributed by atoms with Crippen molar-refractivity contribution in [3.63, 3.8) is 0 Å². The highest BCUT2D eigenvalue weighted by molar-refractivity contribution is 5.93. The molecule has 2 aromatic heterocycles. The predicted octanol–water partition coefficient (Wildman–Crippen LogP) is 3.02. The third-order valence-corrected chi connectivity index (χ3v) is 2.23. The van der Waals surface area contributed by atoms with Crippen LogP contribution in [0.1, 0.15) is 0 Å². The maximum absolute atomic E-state index is 4.28. The van der Waals surface area contributed by atoms with Crippen LogP contribution >= 0.6 is 24.8 Å². The number of pyridine rings is 1. The molecule has 0 aliphatic heterocycles. The van der Waals surface area contributed by atoms with Crippen LogP contribution in [0.3, 0.4) is 0 Å². The van der Waals surface area contributed by atoms with Gasteiger partial charge in [-0.25, -0.2) is 9.97 Å². The Balaban J connectivity index is 0.000000640. The minimum absolute atomic E-state index is 0. The van der Waals surface area contributed by atoms with Gasteiger partial charge in [-0.15, -0.1) is 24.8 Å². The van der Waals surface area contributed by atoms with Crippen molar-refractivity contribution < 1.29 is 0 Å². The average molecular weight is 254 g/mol. The van der Waals surface area contributed by atoms with Crippen LogP contribution in [-0.2, 0) is 0 Å². The molecule has 3 aromatic rings. The lowest BCUT2D eigenvalue weighted by Crippen LogP contribution is -1.83. The summed E-state index contributed by atoms with van der Waals surface area (Å²) in [5.74, 6) is 0. The molecule has 16 heavy (non-hydrogen) atoms. The SMILES string of the molecule is Cl.Cl.c1cnc2cc3cncnc3cc2c1. The predicted molar refractivity (Wildman–Crippen MR) is 69.3 cm³/mol. The van der Waals surface area contributed by atoms with Crippen LogP contribution in [0.4, 0.5) is 0 Å². The number of fused-ring (bicyclic) bond motifs is 2. The van der Waals surface area contributed by atoms with Crippen molar-refractivity contribution in [3.05, 3.63) is 43.0 Å². The molecular formula is C11H9Cl2N3. The summed E-state index contributed by atoms with van der Waals surface area (Å²) in [5, 5.41) is 2.14. The van der Waals surface area contributed by atoms with Crippen LogP contribution in [0.15, 0.2) is 43.0 Å². The Morgan fingerprint density at radius 3 is 2.50 bits per heavy atom. The van der Waals surface area contributed by atoms with E-state index in [0.717, 1.165) is 21.8 Å². The molecule has 0 atom stereocenters. The highest BCUT2D eigenvalue weighted by atomic mass is 35.5. The first-order valence-electron chi connectivity index (χ1n) is 4.38. The van der Waals surface area contributed by atoms with E-state index < -0.39 is 0 Å². The normalized spacial score (nSPS) is 9.50. The van der Waals surface area contributed by atoms with Gasteiger partial charge < -0.3 is 0 Å². The number of nitrogens with zero attached hydrogens (tertiary/aromatic N) is 3. The third kappa shape index (κ3) is 2.05. The summed E-state index contributed by atoms with van der Waals surface area (Å²) in [7, 11) is 0. The number of benzene rings is 1. The Morgan fingerprint density at radius 2 is 1.62 bits per heavy atom. The molecule has 82 valence electrons. The molecule has 0 aliphatic rings. The summed E-state index contributed by atoms with van der Waals surface area (Å²) < 4.78 is 0. The van der Waals surface area contributed by atoms with Gasteiger partial charge in [-0.1, -0.05) is 6.07 Å². The van der Waals surface area contributed by atoms with Crippen molar-refractivity contribution >= 4 is 46.6 Å². The molecule has 0 amide bonds. The zero-order valence-corrected chi connectivity index (χ0v) is 9.83. The topological polar surface area (TPSA) is 38.7 Å². The Kier molecular flexibility index (Phi) is 3.99. The summed E-state index contributed by atoms with van der Waals surface area (Å²) in [5.41, 5.74) is 1.94. The Morgan fingerprint density at radius 1 is 0.875 bits per heavy atom. The molecule has 3 rings (SSSR count). The molecule has 2 heterocycles. The zero-order valence-electron chi connectivity index (χ0n) is 8.20. The van der Waals surface area contributed by atoms with E-state index >= 15 is 0 Å². The molecule has 0 aliphatic carbocycles. The molecule has 5 heteroatoms. The minimum Gasteiger partial charge on any atom is -0.256 e. The van der Waals surface area contributed by atoms with Gasteiger partial charge >= 0.3 is 0 Å². The van der Waals surface area contributed by atoms with E-state index in [1.165, 1.54) is 0 Å². The molecule has 0 radical (unpaired) electrons. The number of hydrogen-bond acceptors (Lipinski definition) is 3. The summed E-state index contributed by atoms with van der Waals surface area (Å²) in [4.78, 5) is 12.4. The largest absolute Gasteiger partial charge is 0.256 e. The van der Waals surface area contributed by atoms with Gasteiger partial charge in [0, 0.05) is 23.2 Å². The monoisotopic (exact) mass is 253 g/mol. The van der Waals surface area contributed by atoms with Crippen LogP contribution in [0, 0.1) is 0 Å². The van der Waals surface area contributed by atoms with Crippen LogP contribution in [-0.4, -0.2) is 15.0 Å². The van der Waals surface area contributed by atoms with Crippen molar-refractivity contribution in [2.75, 3.05) is 0 Å². The second kappa shape index (κ2) is 5.05. The van der Waals surface area contributed by atoms with Crippen molar-refractivity contribution in [1.82, 2.24) is 15.0 Å². The summed E-state index contributed by atoms with van der Waals surface area (Å²) in [6.45, 7) is 0. The fourth-order valence-electron chi connectivity index (χ4n) is 1.55. The van der Waals surface area contributed by atoms with Crippen LogP contribution < -0.4 is 0 Å². The van der Waals surface area contributed by atoms with Gasteiger partial charge in [-0.3, -0.25) is 4.98 Å². The maximum Gasteiger partial charge on any atom is 0.116 e. The van der Waals surface area contributed by atoms with E-state index in [9.17, 15) is 0 Å². The fourth-order valence-corrected chi connectivity index (χ4v) is 1.55. The standard InChI is InChI=1S/C11H7N3.2ClH/c1-2-8-4-11-9(6-12-7-14-11)5-10(8)13-3-1;;/h1-7H;2*1H. The van der Waals surface area contributed by atoms with E-state index in [1.807, 2.05) is 24.3 Å². The first-order chi connectivity index (χ1) is 6.93. The lowest BCUT2D eigenvalue weighted by Gasteiger charge is -1.98. The van der Waals surface area contributed by atoms with Gasteiger partial charge in [0.2, 0.25) is 0 Å². The Bertz CT molecular complexity index is 508. The quantitative estimate of drug-likeness (QED) is 0.579. The summed E-state index contributed by atoms with van der Waals surface area (Å²) in [6, 6.07) is 7.99. The minimum atomic E-state index is 0. The molecule has 0 spiro atoms. The zero-order chi connectivity index (χ0) is 9.38. The first-order valence-corrected chi connectivity index (χ1v) is 4.38. The van der Waals surface area contributed by atoms with E-state index in [1.54, 1.807) is 18.7 Å². The number of aromatic nitrogens is 3. The van der Waals surface area contributed by atoms with E-state index in [4.69, 9.17) is 0 Å².